The molecule has 1 aliphatic rings. The smallest absolute Gasteiger partial charge is 0.336 e. The molecule has 5 heteroatoms. The van der Waals surface area contributed by atoms with Crippen molar-refractivity contribution < 1.29 is 19.1 Å². The van der Waals surface area contributed by atoms with E-state index in [2.05, 4.69) is 31.8 Å². The van der Waals surface area contributed by atoms with E-state index in [1.807, 2.05) is 13.8 Å². The van der Waals surface area contributed by atoms with Crippen LogP contribution in [-0.4, -0.2) is 31.4 Å². The molecule has 0 N–H and O–H groups in total. The lowest BCUT2D eigenvalue weighted by molar-refractivity contribution is -0.145. The van der Waals surface area contributed by atoms with Gasteiger partial charge in [0.15, 0.2) is 0 Å². The zero-order chi connectivity index (χ0) is 19.9. The summed E-state index contributed by atoms with van der Waals surface area (Å²) in [7, 11) is 1.38. The molecule has 26 heavy (non-hydrogen) atoms. The lowest BCUT2D eigenvalue weighted by Gasteiger charge is -2.32. The molecule has 5 nitrogen and oxygen atoms in total. The van der Waals surface area contributed by atoms with E-state index in [0.29, 0.717) is 35.9 Å². The SMILES string of the molecule is CCOC(=O)C1=C(C)N=C(C)C(C(=O)OC)C1CC(C)CCC=C(C)C. The fourth-order valence-electron chi connectivity index (χ4n) is 3.55. The number of methoxy groups -OCH3 is 1. The van der Waals surface area contributed by atoms with Gasteiger partial charge in [-0.05, 0) is 59.8 Å². The Bertz CT molecular complexity index is 612. The van der Waals surface area contributed by atoms with Crippen LogP contribution in [0.4, 0.5) is 0 Å². The molecule has 3 atom stereocenters. The van der Waals surface area contributed by atoms with Crippen molar-refractivity contribution >= 4 is 17.7 Å². The summed E-state index contributed by atoms with van der Waals surface area (Å²) in [4.78, 5) is 29.4. The number of esters is 2. The number of hydrogen-bond donors (Lipinski definition) is 0. The molecule has 0 bridgehead atoms. The molecule has 1 aliphatic heterocycles. The average molecular weight is 363 g/mol. The Kier molecular flexibility index (Phi) is 8.76. The topological polar surface area (TPSA) is 65.0 Å². The fourth-order valence-corrected chi connectivity index (χ4v) is 3.55. The molecule has 0 aliphatic carbocycles. The molecule has 146 valence electrons. The predicted molar refractivity (Wildman–Crippen MR) is 104 cm³/mol. The van der Waals surface area contributed by atoms with Crippen molar-refractivity contribution in [3.05, 3.63) is 22.9 Å². The summed E-state index contributed by atoms with van der Waals surface area (Å²) in [6.07, 6.45) is 4.93. The molecule has 0 spiro atoms. The van der Waals surface area contributed by atoms with E-state index in [1.165, 1.54) is 12.7 Å². The predicted octanol–water partition coefficient (Wildman–Crippen LogP) is 4.48. The molecule has 0 aromatic carbocycles. The van der Waals surface area contributed by atoms with Crippen LogP contribution in [0.2, 0.25) is 0 Å². The summed E-state index contributed by atoms with van der Waals surface area (Å²) in [5.41, 5.74) is 3.15. The van der Waals surface area contributed by atoms with Crippen molar-refractivity contribution in [2.75, 3.05) is 13.7 Å². The van der Waals surface area contributed by atoms with Crippen molar-refractivity contribution in [1.29, 1.82) is 0 Å². The molecule has 0 saturated carbocycles. The number of nitrogens with zero attached hydrogens (tertiary/aromatic N) is 1. The number of rotatable bonds is 8. The second-order valence-electron chi connectivity index (χ2n) is 7.28. The van der Waals surface area contributed by atoms with E-state index < -0.39 is 5.92 Å². The Balaban J connectivity index is 3.14. The van der Waals surface area contributed by atoms with Crippen molar-refractivity contribution in [2.45, 2.75) is 60.8 Å². The number of hydrogen-bond acceptors (Lipinski definition) is 5. The average Bonchev–Trinajstić information content (AvgIpc) is 2.53. The number of allylic oxidation sites excluding steroid dienone is 3. The summed E-state index contributed by atoms with van der Waals surface area (Å²) in [5, 5.41) is 0. The van der Waals surface area contributed by atoms with Crippen molar-refractivity contribution in [1.82, 2.24) is 0 Å². The summed E-state index contributed by atoms with van der Waals surface area (Å²) >= 11 is 0. The van der Waals surface area contributed by atoms with Crippen LogP contribution in [0.25, 0.3) is 0 Å². The zero-order valence-electron chi connectivity index (χ0n) is 17.2. The third-order valence-electron chi connectivity index (χ3n) is 4.78. The van der Waals surface area contributed by atoms with Crippen molar-refractivity contribution in [3.8, 4) is 0 Å². The quantitative estimate of drug-likeness (QED) is 0.471. The van der Waals surface area contributed by atoms with Crippen LogP contribution in [0.1, 0.15) is 60.8 Å². The van der Waals surface area contributed by atoms with Crippen LogP contribution in [0.15, 0.2) is 27.9 Å². The van der Waals surface area contributed by atoms with Gasteiger partial charge in [0.1, 0.15) is 5.92 Å². The number of aliphatic imine (C=N–C) groups is 1. The van der Waals surface area contributed by atoms with Crippen molar-refractivity contribution in [3.63, 3.8) is 0 Å². The lowest BCUT2D eigenvalue weighted by Crippen LogP contribution is -2.38. The molecule has 0 saturated heterocycles. The maximum absolute atomic E-state index is 12.6. The second kappa shape index (κ2) is 10.3. The Morgan fingerprint density at radius 3 is 2.46 bits per heavy atom. The zero-order valence-corrected chi connectivity index (χ0v) is 17.2. The van der Waals surface area contributed by atoms with Crippen LogP contribution in [0, 0.1) is 17.8 Å². The van der Waals surface area contributed by atoms with Crippen molar-refractivity contribution in [2.24, 2.45) is 22.7 Å². The van der Waals surface area contributed by atoms with E-state index in [1.54, 1.807) is 6.92 Å². The third-order valence-corrected chi connectivity index (χ3v) is 4.78. The van der Waals surface area contributed by atoms with Gasteiger partial charge >= 0.3 is 11.9 Å². The van der Waals surface area contributed by atoms with Gasteiger partial charge in [0.2, 0.25) is 0 Å². The Morgan fingerprint density at radius 2 is 1.92 bits per heavy atom. The molecule has 0 aromatic heterocycles. The summed E-state index contributed by atoms with van der Waals surface area (Å²) < 4.78 is 10.2. The number of carbonyl (C=O) groups excluding carboxylic acids is 2. The minimum absolute atomic E-state index is 0.263. The lowest BCUT2D eigenvalue weighted by atomic mass is 9.74. The molecule has 0 fully saturated rings. The second-order valence-corrected chi connectivity index (χ2v) is 7.28. The normalized spacial score (nSPS) is 21.0. The van der Waals surface area contributed by atoms with E-state index in [-0.39, 0.29) is 17.9 Å². The van der Waals surface area contributed by atoms with Gasteiger partial charge < -0.3 is 9.47 Å². The first-order valence-electron chi connectivity index (χ1n) is 9.37. The fraction of sp³-hybridized carbons (Fsp3) is 0.667. The van der Waals surface area contributed by atoms with Crippen LogP contribution in [0.5, 0.6) is 0 Å². The molecule has 1 heterocycles. The summed E-state index contributed by atoms with van der Waals surface area (Å²) in [6.45, 7) is 12.0. The van der Waals surface area contributed by atoms with Crippen LogP contribution < -0.4 is 0 Å². The highest BCUT2D eigenvalue weighted by Gasteiger charge is 2.41. The molecular formula is C21H33NO4. The monoisotopic (exact) mass is 363 g/mol. The molecule has 0 radical (unpaired) electrons. The Hall–Kier alpha value is -1.91. The molecule has 0 aromatic rings. The van der Waals surface area contributed by atoms with Gasteiger partial charge in [0, 0.05) is 17.3 Å². The van der Waals surface area contributed by atoms with Crippen LogP contribution >= 0.6 is 0 Å². The molecule has 1 rings (SSSR count). The van der Waals surface area contributed by atoms with Gasteiger partial charge in [-0.1, -0.05) is 18.6 Å². The van der Waals surface area contributed by atoms with Gasteiger partial charge in [-0.2, -0.15) is 0 Å². The standard InChI is InChI=1S/C21H33NO4/c1-8-26-21(24)19-16(6)22-15(5)18(20(23)25-7)17(19)12-14(4)11-9-10-13(2)3/h10,14,17-18H,8-9,11-12H2,1-7H3. The first-order valence-corrected chi connectivity index (χ1v) is 9.37. The third kappa shape index (κ3) is 5.82. The maximum atomic E-state index is 12.6. The van der Waals surface area contributed by atoms with Gasteiger partial charge in [0.05, 0.1) is 19.3 Å². The first kappa shape index (κ1) is 22.1. The molecule has 3 unspecified atom stereocenters. The molecular weight excluding hydrogens is 330 g/mol. The number of carbonyl (C=O) groups is 2. The van der Waals surface area contributed by atoms with E-state index in [9.17, 15) is 9.59 Å². The minimum atomic E-state index is -0.533. The van der Waals surface area contributed by atoms with Crippen LogP contribution in [-0.2, 0) is 19.1 Å². The maximum Gasteiger partial charge on any atom is 0.336 e. The summed E-state index contributed by atoms with van der Waals surface area (Å²) in [6, 6.07) is 0. The summed E-state index contributed by atoms with van der Waals surface area (Å²) in [5.74, 6) is -1.17. The van der Waals surface area contributed by atoms with Gasteiger partial charge in [-0.25, -0.2) is 4.79 Å². The highest BCUT2D eigenvalue weighted by Crippen LogP contribution is 2.37. The molecule has 0 amide bonds. The highest BCUT2D eigenvalue weighted by molar-refractivity contribution is 6.05. The Labute approximate surface area is 157 Å². The van der Waals surface area contributed by atoms with E-state index in [4.69, 9.17) is 9.47 Å². The van der Waals surface area contributed by atoms with Gasteiger partial charge in [0.25, 0.3) is 0 Å². The first-order chi connectivity index (χ1) is 12.2. The van der Waals surface area contributed by atoms with Crippen LogP contribution in [0.3, 0.4) is 0 Å². The minimum Gasteiger partial charge on any atom is -0.468 e. The highest BCUT2D eigenvalue weighted by atomic mass is 16.5. The number of ether oxygens (including phenoxy) is 2. The Morgan fingerprint density at radius 1 is 1.27 bits per heavy atom. The van der Waals surface area contributed by atoms with E-state index in [0.717, 1.165) is 12.8 Å². The van der Waals surface area contributed by atoms with Gasteiger partial charge in [-0.3, -0.25) is 9.79 Å². The van der Waals surface area contributed by atoms with Gasteiger partial charge in [-0.15, -0.1) is 0 Å². The van der Waals surface area contributed by atoms with E-state index >= 15 is 0 Å². The largest absolute Gasteiger partial charge is 0.468 e.